The third-order valence-corrected chi connectivity index (χ3v) is 3.77. The zero-order chi connectivity index (χ0) is 17.5. The predicted octanol–water partition coefficient (Wildman–Crippen LogP) is 2.47. The molecule has 0 aliphatic carbocycles. The van der Waals surface area contributed by atoms with Gasteiger partial charge in [-0.15, -0.1) is 0 Å². The van der Waals surface area contributed by atoms with E-state index in [4.69, 9.17) is 12.2 Å². The van der Waals surface area contributed by atoms with Crippen LogP contribution in [0.2, 0.25) is 0 Å². The van der Waals surface area contributed by atoms with Gasteiger partial charge >= 0.3 is 0 Å². The fourth-order valence-corrected chi connectivity index (χ4v) is 2.42. The Labute approximate surface area is 146 Å². The largest absolute Gasteiger partial charge is 0.348 e. The van der Waals surface area contributed by atoms with Crippen LogP contribution in [0, 0.1) is 0 Å². The number of benzene rings is 2. The molecule has 0 saturated heterocycles. The maximum Gasteiger partial charge on any atom is 0.253 e. The van der Waals surface area contributed by atoms with Crippen LogP contribution in [0.1, 0.15) is 22.8 Å². The van der Waals surface area contributed by atoms with Crippen molar-refractivity contribution in [3.63, 3.8) is 0 Å². The maximum atomic E-state index is 12.5. The predicted molar refractivity (Wildman–Crippen MR) is 98.9 cm³/mol. The first-order valence-corrected chi connectivity index (χ1v) is 7.86. The van der Waals surface area contributed by atoms with Gasteiger partial charge in [-0.25, -0.2) is 0 Å². The molecule has 2 aromatic carbocycles. The van der Waals surface area contributed by atoms with E-state index in [0.717, 1.165) is 5.56 Å². The molecule has 0 radical (unpaired) electrons. The van der Waals surface area contributed by atoms with Gasteiger partial charge in [-0.1, -0.05) is 42.5 Å². The molecule has 0 aliphatic heterocycles. The fourth-order valence-electron chi connectivity index (χ4n) is 2.18. The highest BCUT2D eigenvalue weighted by atomic mass is 32.1. The molecule has 0 atom stereocenters. The number of carbonyl (C=O) groups excluding carboxylic acids is 2. The van der Waals surface area contributed by atoms with Crippen molar-refractivity contribution in [1.82, 2.24) is 10.6 Å². The second-order valence-electron chi connectivity index (χ2n) is 5.23. The molecule has 0 heterocycles. The van der Waals surface area contributed by atoms with E-state index >= 15 is 0 Å². The summed E-state index contributed by atoms with van der Waals surface area (Å²) in [5.41, 5.74) is 2.14. The highest BCUT2D eigenvalue weighted by Gasteiger charge is 2.16. The summed E-state index contributed by atoms with van der Waals surface area (Å²) in [5.74, 6) is -0.454. The molecular weight excluding hydrogens is 322 g/mol. The van der Waals surface area contributed by atoms with Crippen LogP contribution in [-0.2, 0) is 11.3 Å². The highest BCUT2D eigenvalue weighted by molar-refractivity contribution is 7.80. The van der Waals surface area contributed by atoms with Crippen molar-refractivity contribution >= 4 is 34.8 Å². The summed E-state index contributed by atoms with van der Waals surface area (Å²) >= 11 is 5.18. The normalized spacial score (nSPS) is 9.92. The van der Waals surface area contributed by atoms with Crippen molar-refractivity contribution in [2.45, 2.75) is 13.5 Å². The lowest BCUT2D eigenvalue weighted by molar-refractivity contribution is -0.117. The van der Waals surface area contributed by atoms with Gasteiger partial charge < -0.3 is 15.5 Å². The Balaban J connectivity index is 2.14. The van der Waals surface area contributed by atoms with E-state index in [2.05, 4.69) is 10.6 Å². The number of carbonyl (C=O) groups is 2. The lowest BCUT2D eigenvalue weighted by atomic mass is 10.1. The van der Waals surface area contributed by atoms with Gasteiger partial charge in [0.2, 0.25) is 5.91 Å². The molecule has 2 amide bonds. The molecule has 0 aliphatic rings. The molecule has 2 rings (SSSR count). The lowest BCUT2D eigenvalue weighted by Gasteiger charge is -2.22. The summed E-state index contributed by atoms with van der Waals surface area (Å²) in [4.78, 5) is 25.3. The van der Waals surface area contributed by atoms with Gasteiger partial charge in [-0.2, -0.15) is 0 Å². The van der Waals surface area contributed by atoms with Crippen LogP contribution in [-0.4, -0.2) is 24.0 Å². The summed E-state index contributed by atoms with van der Waals surface area (Å²) < 4.78 is 0. The third kappa shape index (κ3) is 4.63. The number of anilines is 1. The van der Waals surface area contributed by atoms with Gasteiger partial charge in [0, 0.05) is 20.5 Å². The summed E-state index contributed by atoms with van der Waals surface area (Å²) in [6.45, 7) is 1.83. The number of thiocarbonyl (C=S) groups is 1. The van der Waals surface area contributed by atoms with Crippen molar-refractivity contribution in [2.75, 3.05) is 11.9 Å². The third-order valence-electron chi connectivity index (χ3n) is 3.39. The van der Waals surface area contributed by atoms with Crippen LogP contribution < -0.4 is 15.5 Å². The summed E-state index contributed by atoms with van der Waals surface area (Å²) in [7, 11) is 1.71. The fraction of sp³-hybridized carbons (Fsp3) is 0.167. The second-order valence-corrected chi connectivity index (χ2v) is 5.62. The van der Waals surface area contributed by atoms with Crippen LogP contribution >= 0.6 is 12.2 Å². The van der Waals surface area contributed by atoms with E-state index in [9.17, 15) is 9.59 Å². The van der Waals surface area contributed by atoms with Crippen LogP contribution in [0.5, 0.6) is 0 Å². The summed E-state index contributed by atoms with van der Waals surface area (Å²) in [5, 5.41) is 5.69. The highest BCUT2D eigenvalue weighted by Crippen LogP contribution is 2.19. The molecule has 0 aromatic heterocycles. The summed E-state index contributed by atoms with van der Waals surface area (Å²) in [6.07, 6.45) is 0. The Hall–Kier alpha value is -2.73. The minimum atomic E-state index is -0.252. The smallest absolute Gasteiger partial charge is 0.253 e. The average Bonchev–Trinajstić information content (AvgIpc) is 2.59. The SMILES string of the molecule is CC(=O)NC(=S)N(C)c1ccccc1C(=O)NCc1ccccc1. The number of amides is 2. The van der Waals surface area contributed by atoms with Crippen molar-refractivity contribution in [3.8, 4) is 0 Å². The van der Waals surface area contributed by atoms with E-state index in [1.165, 1.54) is 6.92 Å². The van der Waals surface area contributed by atoms with Crippen LogP contribution in [0.3, 0.4) is 0 Å². The molecule has 24 heavy (non-hydrogen) atoms. The number of hydrogen-bond acceptors (Lipinski definition) is 3. The molecule has 0 unspecified atom stereocenters. The van der Waals surface area contributed by atoms with Gasteiger partial charge in [0.05, 0.1) is 11.3 Å². The second kappa shape index (κ2) is 8.21. The van der Waals surface area contributed by atoms with Crippen LogP contribution in [0.25, 0.3) is 0 Å². The van der Waals surface area contributed by atoms with Gasteiger partial charge in [-0.3, -0.25) is 9.59 Å². The molecule has 0 saturated carbocycles. The molecule has 124 valence electrons. The maximum absolute atomic E-state index is 12.5. The standard InChI is InChI=1S/C18H19N3O2S/c1-13(22)20-18(24)21(2)16-11-7-6-10-15(16)17(23)19-12-14-8-4-3-5-9-14/h3-11H,12H2,1-2H3,(H,19,23)(H,20,22,24). The number of rotatable bonds is 4. The monoisotopic (exact) mass is 341 g/mol. The Bertz CT molecular complexity index is 747. The topological polar surface area (TPSA) is 61.4 Å². The first kappa shape index (κ1) is 17.6. The van der Waals surface area contributed by atoms with Gasteiger partial charge in [-0.05, 0) is 29.9 Å². The Kier molecular flexibility index (Phi) is 6.03. The molecule has 2 N–H and O–H groups in total. The van der Waals surface area contributed by atoms with Crippen LogP contribution in [0.15, 0.2) is 54.6 Å². The molecule has 2 aromatic rings. The Morgan fingerprint density at radius 3 is 2.33 bits per heavy atom. The van der Waals surface area contributed by atoms with E-state index in [-0.39, 0.29) is 16.9 Å². The Morgan fingerprint density at radius 1 is 1.04 bits per heavy atom. The van der Waals surface area contributed by atoms with Gasteiger partial charge in [0.25, 0.3) is 5.91 Å². The molecule has 0 bridgehead atoms. The number of hydrogen-bond donors (Lipinski definition) is 2. The summed E-state index contributed by atoms with van der Waals surface area (Å²) in [6, 6.07) is 16.8. The number of nitrogens with one attached hydrogen (secondary N) is 2. The minimum absolute atomic E-state index is 0.202. The lowest BCUT2D eigenvalue weighted by Crippen LogP contribution is -2.40. The number of nitrogens with zero attached hydrogens (tertiary/aromatic N) is 1. The van der Waals surface area contributed by atoms with Crippen LogP contribution in [0.4, 0.5) is 5.69 Å². The zero-order valence-corrected chi connectivity index (χ0v) is 14.4. The van der Waals surface area contributed by atoms with E-state index < -0.39 is 0 Å². The molecule has 6 heteroatoms. The quantitative estimate of drug-likeness (QED) is 0.839. The minimum Gasteiger partial charge on any atom is -0.348 e. The Morgan fingerprint density at radius 2 is 1.67 bits per heavy atom. The number of para-hydroxylation sites is 1. The first-order valence-electron chi connectivity index (χ1n) is 7.45. The van der Waals surface area contributed by atoms with Crippen molar-refractivity contribution in [3.05, 3.63) is 65.7 Å². The van der Waals surface area contributed by atoms with Crippen molar-refractivity contribution in [2.24, 2.45) is 0 Å². The molecule has 5 nitrogen and oxygen atoms in total. The van der Waals surface area contributed by atoms with Crippen molar-refractivity contribution < 1.29 is 9.59 Å². The zero-order valence-electron chi connectivity index (χ0n) is 13.6. The molecular formula is C18H19N3O2S. The van der Waals surface area contributed by atoms with Gasteiger partial charge in [0.1, 0.15) is 0 Å². The molecule has 0 spiro atoms. The average molecular weight is 341 g/mol. The van der Waals surface area contributed by atoms with E-state index in [0.29, 0.717) is 17.8 Å². The first-order chi connectivity index (χ1) is 11.5. The van der Waals surface area contributed by atoms with E-state index in [1.807, 2.05) is 36.4 Å². The van der Waals surface area contributed by atoms with Gasteiger partial charge in [0.15, 0.2) is 5.11 Å². The van der Waals surface area contributed by atoms with Crippen molar-refractivity contribution in [1.29, 1.82) is 0 Å². The molecule has 0 fully saturated rings. The van der Waals surface area contributed by atoms with E-state index in [1.54, 1.807) is 30.1 Å².